The average molecular weight is 525 g/mol. The largest absolute Gasteiger partial charge is 0.352 e. The Hall–Kier alpha value is -2.97. The zero-order chi connectivity index (χ0) is 28.7. The number of carbonyl (C=O) groups excluding carboxylic acids is 3. The Kier molecular flexibility index (Phi) is 32.4. The summed E-state index contributed by atoms with van der Waals surface area (Å²) in [5.74, 6) is 0. The van der Waals surface area contributed by atoms with E-state index in [0.717, 1.165) is 44.5 Å². The molecule has 37 heavy (non-hydrogen) atoms. The van der Waals surface area contributed by atoms with E-state index in [2.05, 4.69) is 35.1 Å². The summed E-state index contributed by atoms with van der Waals surface area (Å²) in [6.45, 7) is 13.7. The predicted molar refractivity (Wildman–Crippen MR) is 158 cm³/mol. The summed E-state index contributed by atoms with van der Waals surface area (Å²) in [4.78, 5) is 31.7. The molecule has 6 amide bonds. The van der Waals surface area contributed by atoms with Gasteiger partial charge in [-0.1, -0.05) is 98.3 Å². The molecule has 0 spiro atoms. The number of nitrogens with one attached hydrogen (secondary N) is 4. The van der Waals surface area contributed by atoms with Crippen LogP contribution in [0.1, 0.15) is 106 Å². The molecule has 0 saturated heterocycles. The molecule has 9 heteroatoms. The van der Waals surface area contributed by atoms with Crippen molar-refractivity contribution in [1.82, 2.24) is 16.0 Å². The third kappa shape index (κ3) is 31.0. The number of carbonyl (C=O) groups is 3. The fraction of sp³-hybridized carbons (Fsp3) is 0.679. The van der Waals surface area contributed by atoms with Crippen LogP contribution in [0.15, 0.2) is 30.3 Å². The molecule has 1 aliphatic carbocycles. The van der Waals surface area contributed by atoms with Gasteiger partial charge >= 0.3 is 18.1 Å². The van der Waals surface area contributed by atoms with Crippen molar-refractivity contribution in [3.8, 4) is 0 Å². The predicted octanol–water partition coefficient (Wildman–Crippen LogP) is 6.49. The lowest BCUT2D eigenvalue weighted by atomic mass is 9.96. The number of rotatable bonds is 9. The number of unbranched alkanes of at least 4 members (excludes halogenated alkanes) is 3. The monoisotopic (exact) mass is 524 g/mol. The highest BCUT2D eigenvalue weighted by Crippen LogP contribution is 2.17. The number of hydrogen-bond donors (Lipinski definition) is 6. The highest BCUT2D eigenvalue weighted by Gasteiger charge is 2.14. The first kappa shape index (κ1) is 38.6. The van der Waals surface area contributed by atoms with Crippen molar-refractivity contribution in [3.05, 3.63) is 30.3 Å². The van der Waals surface area contributed by atoms with Gasteiger partial charge in [-0.3, -0.25) is 0 Å². The maximum absolute atomic E-state index is 11.2. The van der Waals surface area contributed by atoms with E-state index in [1.54, 1.807) is 12.1 Å². The molecule has 1 aliphatic rings. The molecule has 0 radical (unpaired) electrons. The summed E-state index contributed by atoms with van der Waals surface area (Å²) in [7, 11) is 0. The lowest BCUT2D eigenvalue weighted by Crippen LogP contribution is -2.43. The smallest absolute Gasteiger partial charge is 0.316 e. The van der Waals surface area contributed by atoms with Crippen LogP contribution in [0.2, 0.25) is 0 Å². The quantitative estimate of drug-likeness (QED) is 0.205. The molecule has 216 valence electrons. The number of para-hydroxylation sites is 1. The second-order valence-corrected chi connectivity index (χ2v) is 7.94. The van der Waals surface area contributed by atoms with Crippen LogP contribution in [0.25, 0.3) is 0 Å². The van der Waals surface area contributed by atoms with Gasteiger partial charge in [0.1, 0.15) is 0 Å². The Morgan fingerprint density at radius 3 is 1.84 bits per heavy atom. The summed E-state index contributed by atoms with van der Waals surface area (Å²) in [6.07, 6.45) is 11.8. The van der Waals surface area contributed by atoms with Crippen LogP contribution in [0.3, 0.4) is 0 Å². The van der Waals surface area contributed by atoms with E-state index in [4.69, 9.17) is 11.5 Å². The van der Waals surface area contributed by atoms with E-state index in [9.17, 15) is 14.4 Å². The Balaban J connectivity index is -0.000000443. The molecule has 1 saturated carbocycles. The maximum atomic E-state index is 11.2. The highest BCUT2D eigenvalue weighted by atomic mass is 16.2. The molecule has 1 fully saturated rings. The van der Waals surface area contributed by atoms with Gasteiger partial charge in [-0.2, -0.15) is 0 Å². The molecule has 0 aliphatic heterocycles. The number of primary amides is 2. The van der Waals surface area contributed by atoms with E-state index in [-0.39, 0.29) is 6.03 Å². The molecule has 0 atom stereocenters. The van der Waals surface area contributed by atoms with E-state index in [1.165, 1.54) is 38.5 Å². The molecular formula is C28H56N6O3. The van der Waals surface area contributed by atoms with Gasteiger partial charge in [0.25, 0.3) is 0 Å². The van der Waals surface area contributed by atoms with Crippen LogP contribution in [0.4, 0.5) is 20.1 Å². The van der Waals surface area contributed by atoms with Gasteiger partial charge in [-0.25, -0.2) is 14.4 Å². The minimum absolute atomic E-state index is 0.00810. The van der Waals surface area contributed by atoms with Crippen molar-refractivity contribution in [2.75, 3.05) is 18.4 Å². The third-order valence-electron chi connectivity index (χ3n) is 4.85. The van der Waals surface area contributed by atoms with Gasteiger partial charge in [0, 0.05) is 24.8 Å². The van der Waals surface area contributed by atoms with Crippen LogP contribution in [0, 0.1) is 0 Å². The van der Waals surface area contributed by atoms with Crippen LogP contribution in [0.5, 0.6) is 0 Å². The molecule has 9 nitrogen and oxygen atoms in total. The van der Waals surface area contributed by atoms with E-state index < -0.39 is 12.1 Å². The SMILES string of the molecule is CC.CC.CCCCCCNC(N)=O.CCCNC(=O)NC1CCCCC1.NC(=O)Nc1ccccc1. The fourth-order valence-corrected chi connectivity index (χ4v) is 3.15. The zero-order valence-corrected chi connectivity index (χ0v) is 24.3. The number of benzene rings is 1. The molecule has 0 heterocycles. The van der Waals surface area contributed by atoms with Gasteiger partial charge in [-0.05, 0) is 37.8 Å². The van der Waals surface area contributed by atoms with Gasteiger partial charge < -0.3 is 32.7 Å². The lowest BCUT2D eigenvalue weighted by Gasteiger charge is -2.22. The Labute approximate surface area is 226 Å². The second kappa shape index (κ2) is 31.1. The number of hydrogen-bond acceptors (Lipinski definition) is 3. The van der Waals surface area contributed by atoms with E-state index in [1.807, 2.05) is 45.9 Å². The van der Waals surface area contributed by atoms with Gasteiger partial charge in [-0.15, -0.1) is 0 Å². The molecule has 1 aromatic carbocycles. The minimum Gasteiger partial charge on any atom is -0.352 e. The topological polar surface area (TPSA) is 151 Å². The van der Waals surface area contributed by atoms with Crippen LogP contribution < -0.4 is 32.7 Å². The van der Waals surface area contributed by atoms with E-state index in [0.29, 0.717) is 6.04 Å². The maximum Gasteiger partial charge on any atom is 0.316 e. The summed E-state index contributed by atoms with van der Waals surface area (Å²) >= 11 is 0. The second-order valence-electron chi connectivity index (χ2n) is 7.94. The van der Waals surface area contributed by atoms with E-state index >= 15 is 0 Å². The van der Waals surface area contributed by atoms with Crippen LogP contribution in [-0.2, 0) is 0 Å². The van der Waals surface area contributed by atoms with Crippen LogP contribution in [-0.4, -0.2) is 37.2 Å². The van der Waals surface area contributed by atoms with Crippen molar-refractivity contribution in [2.45, 2.75) is 112 Å². The minimum atomic E-state index is -0.536. The molecular weight excluding hydrogens is 468 g/mol. The standard InChI is InChI=1S/C10H20N2O.C7H8N2O.C7H16N2O.2C2H6/c1-2-8-11-10(13)12-9-6-4-3-5-7-9;8-7(10)9-6-4-2-1-3-5-6;1-2-3-4-5-6-9-7(8)10;2*1-2/h9H,2-8H2,1H3,(H2,11,12,13);1-5H,(H3,8,9,10);2-6H2,1H3,(H3,8,9,10);2*1-2H3. The molecule has 0 unspecified atom stereocenters. The highest BCUT2D eigenvalue weighted by molar-refractivity contribution is 5.87. The first-order chi connectivity index (χ1) is 17.9. The van der Waals surface area contributed by atoms with Crippen molar-refractivity contribution in [3.63, 3.8) is 0 Å². The first-order valence-electron chi connectivity index (χ1n) is 14.1. The van der Waals surface area contributed by atoms with Gasteiger partial charge in [0.2, 0.25) is 0 Å². The molecule has 0 aromatic heterocycles. The van der Waals surface area contributed by atoms with Crippen molar-refractivity contribution >= 4 is 23.8 Å². The Morgan fingerprint density at radius 2 is 1.35 bits per heavy atom. The zero-order valence-electron chi connectivity index (χ0n) is 24.3. The molecule has 8 N–H and O–H groups in total. The Morgan fingerprint density at radius 1 is 0.757 bits per heavy atom. The van der Waals surface area contributed by atoms with Crippen molar-refractivity contribution in [1.29, 1.82) is 0 Å². The van der Waals surface area contributed by atoms with Crippen LogP contribution >= 0.6 is 0 Å². The Bertz CT molecular complexity index is 638. The summed E-state index contributed by atoms with van der Waals surface area (Å²) in [5, 5.41) is 10.8. The molecule has 2 rings (SSSR count). The van der Waals surface area contributed by atoms with Crippen molar-refractivity contribution < 1.29 is 14.4 Å². The molecule has 1 aromatic rings. The summed E-state index contributed by atoms with van der Waals surface area (Å²) in [5.41, 5.74) is 10.4. The number of amides is 6. The lowest BCUT2D eigenvalue weighted by molar-refractivity contribution is 0.232. The molecule has 0 bridgehead atoms. The van der Waals surface area contributed by atoms with Gasteiger partial charge in [0.15, 0.2) is 0 Å². The fourth-order valence-electron chi connectivity index (χ4n) is 3.15. The van der Waals surface area contributed by atoms with Crippen molar-refractivity contribution in [2.24, 2.45) is 11.5 Å². The van der Waals surface area contributed by atoms with Gasteiger partial charge in [0.05, 0.1) is 0 Å². The summed E-state index contributed by atoms with van der Waals surface area (Å²) < 4.78 is 0. The number of nitrogens with two attached hydrogens (primary N) is 2. The number of anilines is 1. The normalized spacial score (nSPS) is 11.6. The number of urea groups is 3. The average Bonchev–Trinajstić information content (AvgIpc) is 2.91. The first-order valence-corrected chi connectivity index (χ1v) is 14.1. The third-order valence-corrected chi connectivity index (χ3v) is 4.85. The summed E-state index contributed by atoms with van der Waals surface area (Å²) in [6, 6.07) is 8.53.